The Labute approximate surface area is 109 Å². The first-order chi connectivity index (χ1) is 8.10. The van der Waals surface area contributed by atoms with Crippen LogP contribution in [0.5, 0.6) is 0 Å². The molecule has 18 heavy (non-hydrogen) atoms. The van der Waals surface area contributed by atoms with E-state index in [0.29, 0.717) is 0 Å². The van der Waals surface area contributed by atoms with E-state index in [1.165, 1.54) is 12.1 Å². The van der Waals surface area contributed by atoms with Gasteiger partial charge in [0.05, 0.1) is 6.10 Å². The quantitative estimate of drug-likeness (QED) is 0.835. The van der Waals surface area contributed by atoms with E-state index < -0.39 is 6.10 Å². The van der Waals surface area contributed by atoms with E-state index in [4.69, 9.17) is 0 Å². The highest BCUT2D eigenvalue weighted by Crippen LogP contribution is 2.72. The minimum atomic E-state index is -0.504. The van der Waals surface area contributed by atoms with E-state index in [9.17, 15) is 9.50 Å². The monoisotopic (exact) mass is 250 g/mol. The van der Waals surface area contributed by atoms with Crippen LogP contribution in [0.1, 0.15) is 50.5 Å². The van der Waals surface area contributed by atoms with Gasteiger partial charge in [-0.1, -0.05) is 27.7 Å². The van der Waals surface area contributed by atoms with Crippen molar-refractivity contribution in [2.75, 3.05) is 0 Å². The van der Waals surface area contributed by atoms with Gasteiger partial charge < -0.3 is 5.11 Å². The van der Waals surface area contributed by atoms with Gasteiger partial charge >= 0.3 is 0 Å². The molecule has 1 fully saturated rings. The van der Waals surface area contributed by atoms with Crippen LogP contribution in [0.2, 0.25) is 0 Å². The maximum absolute atomic E-state index is 13.3. The highest BCUT2D eigenvalue weighted by atomic mass is 19.1. The number of halogens is 1. The molecular formula is C16H23FO. The van der Waals surface area contributed by atoms with Crippen LogP contribution in [-0.2, 0) is 0 Å². The number of aliphatic hydroxyl groups is 1. The molecule has 100 valence electrons. The summed E-state index contributed by atoms with van der Waals surface area (Å²) in [7, 11) is 0. The van der Waals surface area contributed by atoms with E-state index in [2.05, 4.69) is 27.7 Å². The molecule has 1 saturated carbocycles. The molecule has 0 amide bonds. The largest absolute Gasteiger partial charge is 0.388 e. The third-order valence-electron chi connectivity index (χ3n) is 5.30. The highest BCUT2D eigenvalue weighted by molar-refractivity contribution is 5.38. The average molecular weight is 250 g/mol. The van der Waals surface area contributed by atoms with Crippen molar-refractivity contribution in [1.29, 1.82) is 0 Å². The zero-order chi connectivity index (χ0) is 13.9. The van der Waals surface area contributed by atoms with Gasteiger partial charge in [0.2, 0.25) is 0 Å². The van der Waals surface area contributed by atoms with E-state index in [1.54, 1.807) is 0 Å². The molecule has 2 rings (SSSR count). The van der Waals surface area contributed by atoms with Gasteiger partial charge in [-0.2, -0.15) is 0 Å². The van der Waals surface area contributed by atoms with Gasteiger partial charge in [-0.05, 0) is 53.5 Å². The summed E-state index contributed by atoms with van der Waals surface area (Å²) >= 11 is 0. The number of hydrogen-bond donors (Lipinski definition) is 1. The Morgan fingerprint density at radius 2 is 1.44 bits per heavy atom. The van der Waals surface area contributed by atoms with Gasteiger partial charge in [0.15, 0.2) is 0 Å². The fourth-order valence-electron chi connectivity index (χ4n) is 3.59. The minimum absolute atomic E-state index is 0.125. The summed E-state index contributed by atoms with van der Waals surface area (Å²) in [6, 6.07) is 3.02. The molecule has 1 aliphatic rings. The normalized spacial score (nSPS) is 22.9. The Balaban J connectivity index is 2.40. The Bertz CT molecular complexity index is 451. The van der Waals surface area contributed by atoms with E-state index >= 15 is 0 Å². The molecular weight excluding hydrogens is 227 g/mol. The van der Waals surface area contributed by atoms with Crippen molar-refractivity contribution in [3.8, 4) is 0 Å². The predicted molar refractivity (Wildman–Crippen MR) is 71.9 cm³/mol. The Kier molecular flexibility index (Phi) is 2.86. The number of benzene rings is 1. The first-order valence-electron chi connectivity index (χ1n) is 6.55. The first-order valence-corrected chi connectivity index (χ1v) is 6.55. The fourth-order valence-corrected chi connectivity index (χ4v) is 3.59. The summed E-state index contributed by atoms with van der Waals surface area (Å²) in [6.45, 7) is 12.5. The highest BCUT2D eigenvalue weighted by Gasteiger charge is 2.67. The molecule has 1 aromatic carbocycles. The van der Waals surface area contributed by atoms with Crippen LogP contribution in [0, 0.1) is 36.4 Å². The van der Waals surface area contributed by atoms with Crippen molar-refractivity contribution < 1.29 is 9.50 Å². The maximum atomic E-state index is 13.3. The molecule has 1 aliphatic carbocycles. The van der Waals surface area contributed by atoms with Crippen LogP contribution >= 0.6 is 0 Å². The van der Waals surface area contributed by atoms with Crippen molar-refractivity contribution in [1.82, 2.24) is 0 Å². The van der Waals surface area contributed by atoms with Gasteiger partial charge in [0, 0.05) is 5.92 Å². The molecule has 0 heterocycles. The maximum Gasteiger partial charge on any atom is 0.123 e. The molecule has 1 unspecified atom stereocenters. The summed E-state index contributed by atoms with van der Waals surface area (Å²) in [4.78, 5) is 0. The molecule has 0 saturated heterocycles. The summed E-state index contributed by atoms with van der Waals surface area (Å²) in [5.41, 5.74) is 2.84. The minimum Gasteiger partial charge on any atom is -0.388 e. The molecule has 2 heteroatoms. The lowest BCUT2D eigenvalue weighted by molar-refractivity contribution is 0.129. The molecule has 1 N–H and O–H groups in total. The van der Waals surface area contributed by atoms with Crippen LogP contribution in [0.3, 0.4) is 0 Å². The van der Waals surface area contributed by atoms with Crippen LogP contribution in [0.25, 0.3) is 0 Å². The third-order valence-corrected chi connectivity index (χ3v) is 5.30. The average Bonchev–Trinajstić information content (AvgIpc) is 2.54. The smallest absolute Gasteiger partial charge is 0.123 e. The summed E-state index contributed by atoms with van der Waals surface area (Å²) < 4.78 is 13.3. The van der Waals surface area contributed by atoms with Gasteiger partial charge in [0.1, 0.15) is 5.82 Å². The molecule has 0 radical (unpaired) electrons. The van der Waals surface area contributed by atoms with Gasteiger partial charge in [0.25, 0.3) is 0 Å². The summed E-state index contributed by atoms with van der Waals surface area (Å²) in [6.07, 6.45) is -0.504. The van der Waals surface area contributed by atoms with Gasteiger partial charge in [-0.25, -0.2) is 4.39 Å². The van der Waals surface area contributed by atoms with Crippen molar-refractivity contribution in [2.45, 2.75) is 47.6 Å². The topological polar surface area (TPSA) is 20.2 Å². The molecule has 1 nitrogen and oxygen atoms in total. The number of hydrogen-bond acceptors (Lipinski definition) is 1. The Morgan fingerprint density at radius 1 is 1.06 bits per heavy atom. The lowest BCUT2D eigenvalue weighted by Gasteiger charge is -2.18. The van der Waals surface area contributed by atoms with Gasteiger partial charge in [-0.15, -0.1) is 0 Å². The predicted octanol–water partition coefficient (Wildman–Crippen LogP) is 4.16. The van der Waals surface area contributed by atoms with Crippen LogP contribution in [0.4, 0.5) is 4.39 Å². The number of aryl methyl sites for hydroxylation is 2. The van der Waals surface area contributed by atoms with Gasteiger partial charge in [-0.3, -0.25) is 0 Å². The van der Waals surface area contributed by atoms with E-state index in [1.807, 2.05) is 13.8 Å². The van der Waals surface area contributed by atoms with Crippen LogP contribution < -0.4 is 0 Å². The standard InChI is InChI=1S/C16H23FO/c1-9-7-11(17)8-10(2)12(9)13(18)14-15(3,4)16(14,5)6/h7-8,13-14,18H,1-6H3. The number of aliphatic hydroxyl groups excluding tert-OH is 1. The fraction of sp³-hybridized carbons (Fsp3) is 0.625. The summed E-state index contributed by atoms with van der Waals surface area (Å²) in [5, 5.41) is 10.7. The van der Waals surface area contributed by atoms with E-state index in [0.717, 1.165) is 16.7 Å². The SMILES string of the molecule is Cc1cc(F)cc(C)c1C(O)C1C(C)(C)C1(C)C. The first kappa shape index (κ1) is 13.5. The van der Waals surface area contributed by atoms with Crippen molar-refractivity contribution >= 4 is 0 Å². The summed E-state index contributed by atoms with van der Waals surface area (Å²) in [5.74, 6) is 0.00290. The second-order valence-corrected chi connectivity index (χ2v) is 6.82. The van der Waals surface area contributed by atoms with E-state index in [-0.39, 0.29) is 22.6 Å². The molecule has 0 bridgehead atoms. The number of rotatable bonds is 2. The molecule has 0 aliphatic heterocycles. The van der Waals surface area contributed by atoms with Crippen LogP contribution in [0.15, 0.2) is 12.1 Å². The Hall–Kier alpha value is -0.890. The van der Waals surface area contributed by atoms with Crippen LogP contribution in [-0.4, -0.2) is 5.11 Å². The lowest BCUT2D eigenvalue weighted by Crippen LogP contribution is -2.09. The molecule has 0 spiro atoms. The van der Waals surface area contributed by atoms with Crippen molar-refractivity contribution in [3.63, 3.8) is 0 Å². The molecule has 1 atom stereocenters. The lowest BCUT2D eigenvalue weighted by atomic mass is 9.92. The zero-order valence-electron chi connectivity index (χ0n) is 12.1. The third kappa shape index (κ3) is 1.70. The molecule has 0 aromatic heterocycles. The second-order valence-electron chi connectivity index (χ2n) is 6.82. The van der Waals surface area contributed by atoms with Crippen molar-refractivity contribution in [2.24, 2.45) is 16.7 Å². The molecule has 1 aromatic rings. The Morgan fingerprint density at radius 3 is 1.78 bits per heavy atom. The zero-order valence-corrected chi connectivity index (χ0v) is 12.1. The second kappa shape index (κ2) is 3.80. The van der Waals surface area contributed by atoms with Crippen molar-refractivity contribution in [3.05, 3.63) is 34.6 Å².